The monoisotopic (exact) mass is 364 g/mol. The topological polar surface area (TPSA) is 94.2 Å². The lowest BCUT2D eigenvalue weighted by atomic mass is 9.90. The van der Waals surface area contributed by atoms with Crippen molar-refractivity contribution in [2.75, 3.05) is 33.5 Å². The maximum absolute atomic E-state index is 12.8. The lowest BCUT2D eigenvalue weighted by Gasteiger charge is -2.23. The van der Waals surface area contributed by atoms with E-state index >= 15 is 0 Å². The maximum atomic E-state index is 12.8. The van der Waals surface area contributed by atoms with Crippen LogP contribution in [0, 0.1) is 6.92 Å². The van der Waals surface area contributed by atoms with Gasteiger partial charge < -0.3 is 19.5 Å². The molecule has 1 N–H and O–H groups in total. The Hall–Kier alpha value is -2.61. The Kier molecular flexibility index (Phi) is 6.20. The molecule has 0 aromatic heterocycles. The molecule has 1 aromatic rings. The molecule has 8 nitrogen and oxygen atoms in total. The van der Waals surface area contributed by atoms with Gasteiger partial charge in [0.15, 0.2) is 0 Å². The van der Waals surface area contributed by atoms with Gasteiger partial charge in [0.2, 0.25) is 0 Å². The number of imide groups is 1. The van der Waals surface area contributed by atoms with E-state index in [2.05, 4.69) is 5.32 Å². The minimum Gasteiger partial charge on any atom is -0.496 e. The number of methoxy groups -OCH3 is 1. The molecule has 1 unspecified atom stereocenters. The standard InChI is InChI=1S/C18H24N2O6/c1-5-25-8-9-26-15(21)11-20-16(22)18(3,19-17(20)23)13-6-7-14(24-4)12(2)10-13/h6-7,10H,5,8-9,11H2,1-4H3,(H,19,23). The second-order valence-electron chi connectivity index (χ2n) is 6.05. The molecule has 0 saturated carbocycles. The molecule has 142 valence electrons. The molecule has 1 saturated heterocycles. The smallest absolute Gasteiger partial charge is 0.326 e. The Morgan fingerprint density at radius 3 is 2.62 bits per heavy atom. The lowest BCUT2D eigenvalue weighted by Crippen LogP contribution is -2.41. The molecule has 1 aliphatic heterocycles. The minimum atomic E-state index is -1.25. The first kappa shape index (κ1) is 19.7. The van der Waals surface area contributed by atoms with Crippen molar-refractivity contribution in [1.29, 1.82) is 0 Å². The summed E-state index contributed by atoms with van der Waals surface area (Å²) >= 11 is 0. The molecular formula is C18H24N2O6. The zero-order valence-corrected chi connectivity index (χ0v) is 15.5. The van der Waals surface area contributed by atoms with Crippen molar-refractivity contribution in [2.45, 2.75) is 26.3 Å². The number of esters is 1. The van der Waals surface area contributed by atoms with Gasteiger partial charge >= 0.3 is 12.0 Å². The van der Waals surface area contributed by atoms with E-state index in [-0.39, 0.29) is 13.2 Å². The third-order valence-corrected chi connectivity index (χ3v) is 4.23. The number of hydrogen-bond donors (Lipinski definition) is 1. The van der Waals surface area contributed by atoms with Crippen molar-refractivity contribution in [3.8, 4) is 5.75 Å². The van der Waals surface area contributed by atoms with Gasteiger partial charge in [-0.05, 0) is 44.0 Å². The van der Waals surface area contributed by atoms with Crippen LogP contribution in [0.4, 0.5) is 4.79 Å². The first-order valence-electron chi connectivity index (χ1n) is 8.36. The van der Waals surface area contributed by atoms with Crippen LogP contribution in [0.3, 0.4) is 0 Å². The number of carbonyl (C=O) groups excluding carboxylic acids is 3. The van der Waals surface area contributed by atoms with Crippen LogP contribution >= 0.6 is 0 Å². The predicted octanol–water partition coefficient (Wildman–Crippen LogP) is 1.35. The van der Waals surface area contributed by atoms with E-state index < -0.39 is 30.0 Å². The summed E-state index contributed by atoms with van der Waals surface area (Å²) in [5.74, 6) is -0.485. The summed E-state index contributed by atoms with van der Waals surface area (Å²) in [5.41, 5.74) is 0.197. The van der Waals surface area contributed by atoms with Gasteiger partial charge in [-0.2, -0.15) is 0 Å². The van der Waals surface area contributed by atoms with Crippen LogP contribution in [0.2, 0.25) is 0 Å². The second kappa shape index (κ2) is 8.18. The van der Waals surface area contributed by atoms with Crippen molar-refractivity contribution in [3.05, 3.63) is 29.3 Å². The van der Waals surface area contributed by atoms with Gasteiger partial charge in [-0.3, -0.25) is 14.5 Å². The van der Waals surface area contributed by atoms with E-state index in [1.807, 2.05) is 13.8 Å². The molecule has 1 atom stereocenters. The van der Waals surface area contributed by atoms with Crippen LogP contribution < -0.4 is 10.1 Å². The highest BCUT2D eigenvalue weighted by Crippen LogP contribution is 2.31. The van der Waals surface area contributed by atoms with Gasteiger partial charge in [0.1, 0.15) is 24.4 Å². The Morgan fingerprint density at radius 1 is 1.27 bits per heavy atom. The van der Waals surface area contributed by atoms with Crippen LogP contribution in [0.25, 0.3) is 0 Å². The number of ether oxygens (including phenoxy) is 3. The van der Waals surface area contributed by atoms with Crippen LogP contribution in [-0.4, -0.2) is 56.3 Å². The summed E-state index contributed by atoms with van der Waals surface area (Å²) in [4.78, 5) is 37.8. The average molecular weight is 364 g/mol. The van der Waals surface area contributed by atoms with Crippen LogP contribution in [0.15, 0.2) is 18.2 Å². The lowest BCUT2D eigenvalue weighted by molar-refractivity contribution is -0.149. The minimum absolute atomic E-state index is 0.0747. The van der Waals surface area contributed by atoms with Gasteiger partial charge in [0.05, 0.1) is 13.7 Å². The number of carbonyl (C=O) groups is 3. The van der Waals surface area contributed by atoms with E-state index in [0.717, 1.165) is 10.5 Å². The van der Waals surface area contributed by atoms with E-state index in [0.29, 0.717) is 17.9 Å². The third kappa shape index (κ3) is 3.96. The van der Waals surface area contributed by atoms with Gasteiger partial charge in [0.25, 0.3) is 5.91 Å². The largest absolute Gasteiger partial charge is 0.496 e. The van der Waals surface area contributed by atoms with Gasteiger partial charge in [-0.25, -0.2) is 4.79 Å². The fraction of sp³-hybridized carbons (Fsp3) is 0.500. The Balaban J connectivity index is 2.09. The summed E-state index contributed by atoms with van der Waals surface area (Å²) in [6.07, 6.45) is 0. The van der Waals surface area contributed by atoms with Crippen molar-refractivity contribution in [1.82, 2.24) is 10.2 Å². The van der Waals surface area contributed by atoms with E-state index in [1.54, 1.807) is 32.2 Å². The molecule has 2 rings (SSSR count). The summed E-state index contributed by atoms with van der Waals surface area (Å²) in [6, 6.07) is 4.60. The van der Waals surface area contributed by atoms with Gasteiger partial charge in [-0.1, -0.05) is 6.07 Å². The summed E-state index contributed by atoms with van der Waals surface area (Å²) < 4.78 is 15.3. The number of hydrogen-bond acceptors (Lipinski definition) is 6. The molecular weight excluding hydrogens is 340 g/mol. The molecule has 1 aliphatic rings. The highest BCUT2D eigenvalue weighted by molar-refractivity contribution is 6.08. The van der Waals surface area contributed by atoms with Crippen molar-refractivity contribution in [3.63, 3.8) is 0 Å². The Bertz CT molecular complexity index is 705. The normalized spacial score (nSPS) is 19.5. The highest BCUT2D eigenvalue weighted by atomic mass is 16.6. The van der Waals surface area contributed by atoms with E-state index in [9.17, 15) is 14.4 Å². The zero-order valence-electron chi connectivity index (χ0n) is 15.5. The number of urea groups is 1. The second-order valence-corrected chi connectivity index (χ2v) is 6.05. The quantitative estimate of drug-likeness (QED) is 0.425. The first-order chi connectivity index (χ1) is 12.3. The molecule has 8 heteroatoms. The van der Waals surface area contributed by atoms with Crippen LogP contribution in [0.1, 0.15) is 25.0 Å². The summed E-state index contributed by atoms with van der Waals surface area (Å²) in [6.45, 7) is 5.70. The van der Waals surface area contributed by atoms with E-state index in [1.165, 1.54) is 0 Å². The Morgan fingerprint density at radius 2 is 2.00 bits per heavy atom. The van der Waals surface area contributed by atoms with Crippen LogP contribution in [0.5, 0.6) is 5.75 Å². The number of rotatable bonds is 8. The van der Waals surface area contributed by atoms with Gasteiger partial charge in [0, 0.05) is 6.61 Å². The fourth-order valence-electron chi connectivity index (χ4n) is 2.76. The number of amides is 3. The molecule has 0 aliphatic carbocycles. The number of nitrogens with one attached hydrogen (secondary N) is 1. The molecule has 0 bridgehead atoms. The molecule has 3 amide bonds. The van der Waals surface area contributed by atoms with Crippen molar-refractivity contribution in [2.24, 2.45) is 0 Å². The SMILES string of the molecule is CCOCCOC(=O)CN1C(=O)NC(C)(c2ccc(OC)c(C)c2)C1=O. The van der Waals surface area contributed by atoms with Crippen LogP contribution in [-0.2, 0) is 24.6 Å². The third-order valence-electron chi connectivity index (χ3n) is 4.23. The van der Waals surface area contributed by atoms with E-state index in [4.69, 9.17) is 14.2 Å². The Labute approximate surface area is 152 Å². The molecule has 1 heterocycles. The fourth-order valence-corrected chi connectivity index (χ4v) is 2.76. The molecule has 0 spiro atoms. The molecule has 26 heavy (non-hydrogen) atoms. The molecule has 1 fully saturated rings. The van der Waals surface area contributed by atoms with Crippen molar-refractivity contribution < 1.29 is 28.6 Å². The number of benzene rings is 1. The first-order valence-corrected chi connectivity index (χ1v) is 8.36. The zero-order chi connectivity index (χ0) is 19.3. The molecule has 1 aromatic carbocycles. The maximum Gasteiger partial charge on any atom is 0.326 e. The highest BCUT2D eigenvalue weighted by Gasteiger charge is 2.49. The average Bonchev–Trinajstić information content (AvgIpc) is 2.83. The summed E-state index contributed by atoms with van der Waals surface area (Å²) in [5, 5.41) is 2.66. The number of aryl methyl sites for hydroxylation is 1. The summed E-state index contributed by atoms with van der Waals surface area (Å²) in [7, 11) is 1.56. The molecule has 0 radical (unpaired) electrons. The number of nitrogens with zero attached hydrogens (tertiary/aromatic N) is 1. The van der Waals surface area contributed by atoms with Crippen molar-refractivity contribution >= 4 is 17.9 Å². The predicted molar refractivity (Wildman–Crippen MR) is 92.8 cm³/mol. The van der Waals surface area contributed by atoms with Gasteiger partial charge in [-0.15, -0.1) is 0 Å².